The van der Waals surface area contributed by atoms with Crippen LogP contribution in [0.1, 0.15) is 10.4 Å². The van der Waals surface area contributed by atoms with Gasteiger partial charge in [0.1, 0.15) is 17.1 Å². The first kappa shape index (κ1) is 17.5. The molecule has 9 heteroatoms. The Morgan fingerprint density at radius 3 is 2.19 bits per heavy atom. The first-order valence-corrected chi connectivity index (χ1v) is 8.67. The van der Waals surface area contributed by atoms with Crippen molar-refractivity contribution >= 4 is 38.2 Å². The number of carboxylic acids is 1. The number of benzene rings is 3. The van der Waals surface area contributed by atoms with Crippen molar-refractivity contribution in [3.8, 4) is 11.5 Å². The molecule has 0 amide bonds. The highest BCUT2D eigenvalue weighted by Gasteiger charge is 2.14. The van der Waals surface area contributed by atoms with Crippen molar-refractivity contribution in [2.24, 2.45) is 0 Å². The van der Waals surface area contributed by atoms with Gasteiger partial charge in [0.15, 0.2) is 0 Å². The summed E-state index contributed by atoms with van der Waals surface area (Å²) in [6.07, 6.45) is 0. The lowest BCUT2D eigenvalue weighted by atomic mass is 10.1. The molecular formula is C17H13NO7S. The van der Waals surface area contributed by atoms with E-state index in [1.165, 1.54) is 30.3 Å². The van der Waals surface area contributed by atoms with Crippen LogP contribution in [0.2, 0.25) is 0 Å². The fourth-order valence-electron chi connectivity index (χ4n) is 2.50. The lowest BCUT2D eigenvalue weighted by Crippen LogP contribution is -1.99. The average Bonchev–Trinajstić information content (AvgIpc) is 2.55. The highest BCUT2D eigenvalue weighted by molar-refractivity contribution is 7.85. The molecule has 0 atom stereocenters. The Balaban J connectivity index is 2.04. The van der Waals surface area contributed by atoms with Crippen LogP contribution in [0.25, 0.3) is 10.8 Å². The molecule has 0 fully saturated rings. The average molecular weight is 375 g/mol. The molecule has 5 N–H and O–H groups in total. The van der Waals surface area contributed by atoms with E-state index in [4.69, 9.17) is 9.66 Å². The summed E-state index contributed by atoms with van der Waals surface area (Å²) in [5.41, 5.74) is 0.586. The molecule has 0 spiro atoms. The molecule has 0 heterocycles. The Morgan fingerprint density at radius 2 is 1.54 bits per heavy atom. The standard InChI is InChI=1S/C17H13NO7S/c19-15-4-2-11(7-14(15)17(21)22)18-10-1-3-13-9(5-10)6-12(8-16(13)20)26(23,24)25/h1-8,18-20H,(H,21,22)(H,23,24,25). The number of hydrogen-bond acceptors (Lipinski definition) is 6. The number of rotatable bonds is 4. The molecular weight excluding hydrogens is 362 g/mol. The number of aromatic hydroxyl groups is 2. The van der Waals surface area contributed by atoms with Crippen LogP contribution >= 0.6 is 0 Å². The van der Waals surface area contributed by atoms with Gasteiger partial charge in [-0.05, 0) is 47.9 Å². The predicted octanol–water partition coefficient (Wildman–Crippen LogP) is 2.94. The van der Waals surface area contributed by atoms with E-state index >= 15 is 0 Å². The zero-order valence-electron chi connectivity index (χ0n) is 13.0. The number of nitrogens with one attached hydrogen (secondary N) is 1. The van der Waals surface area contributed by atoms with Gasteiger partial charge < -0.3 is 20.6 Å². The van der Waals surface area contributed by atoms with E-state index in [0.29, 0.717) is 22.1 Å². The maximum Gasteiger partial charge on any atom is 0.339 e. The molecule has 8 nitrogen and oxygen atoms in total. The molecule has 0 saturated carbocycles. The number of fused-ring (bicyclic) bond motifs is 1. The number of carbonyl (C=O) groups is 1. The number of anilines is 2. The van der Waals surface area contributed by atoms with Crippen LogP contribution in [0.15, 0.2) is 53.4 Å². The summed E-state index contributed by atoms with van der Waals surface area (Å²) in [4.78, 5) is 10.6. The summed E-state index contributed by atoms with van der Waals surface area (Å²) in [6.45, 7) is 0. The Kier molecular flexibility index (Phi) is 4.18. The molecule has 3 aromatic rings. The summed E-state index contributed by atoms with van der Waals surface area (Å²) in [5, 5.41) is 32.2. The maximum atomic E-state index is 11.3. The minimum atomic E-state index is -4.48. The highest BCUT2D eigenvalue weighted by atomic mass is 32.2. The Hall–Kier alpha value is -3.30. The summed E-state index contributed by atoms with van der Waals surface area (Å²) >= 11 is 0. The molecule has 0 unspecified atom stereocenters. The van der Waals surface area contributed by atoms with Crippen molar-refractivity contribution in [3.05, 3.63) is 54.1 Å². The van der Waals surface area contributed by atoms with E-state index < -0.39 is 21.0 Å². The second-order valence-corrected chi connectivity index (χ2v) is 6.94. The fourth-order valence-corrected chi connectivity index (χ4v) is 3.04. The third-order valence-electron chi connectivity index (χ3n) is 3.72. The topological polar surface area (TPSA) is 144 Å². The predicted molar refractivity (Wildman–Crippen MR) is 93.8 cm³/mol. The second-order valence-electron chi connectivity index (χ2n) is 5.52. The fraction of sp³-hybridized carbons (Fsp3) is 0. The van der Waals surface area contributed by atoms with Crippen LogP contribution in [-0.2, 0) is 10.1 Å². The van der Waals surface area contributed by atoms with E-state index in [0.717, 1.165) is 6.07 Å². The third-order valence-corrected chi connectivity index (χ3v) is 4.55. The lowest BCUT2D eigenvalue weighted by Gasteiger charge is -2.10. The maximum absolute atomic E-state index is 11.3. The number of phenolic OH excluding ortho intramolecular Hbond substituents is 1. The van der Waals surface area contributed by atoms with E-state index in [9.17, 15) is 23.4 Å². The number of aromatic carboxylic acids is 1. The van der Waals surface area contributed by atoms with Gasteiger partial charge in [-0.1, -0.05) is 0 Å². The van der Waals surface area contributed by atoms with Crippen molar-refractivity contribution < 1.29 is 33.1 Å². The minimum absolute atomic E-state index is 0.276. The zero-order chi connectivity index (χ0) is 19.1. The third kappa shape index (κ3) is 3.39. The lowest BCUT2D eigenvalue weighted by molar-refractivity contribution is 0.0693. The number of carboxylic acid groups (broad SMARTS) is 1. The van der Waals surface area contributed by atoms with Gasteiger partial charge in [-0.25, -0.2) is 4.79 Å². The van der Waals surface area contributed by atoms with Crippen molar-refractivity contribution in [1.29, 1.82) is 0 Å². The van der Waals surface area contributed by atoms with Crippen LogP contribution in [0.5, 0.6) is 11.5 Å². The first-order valence-electron chi connectivity index (χ1n) is 7.23. The molecule has 0 aliphatic heterocycles. The molecule has 0 bridgehead atoms. The van der Waals surface area contributed by atoms with Crippen molar-refractivity contribution in [2.45, 2.75) is 4.90 Å². The van der Waals surface area contributed by atoms with E-state index in [-0.39, 0.29) is 17.1 Å². The van der Waals surface area contributed by atoms with E-state index in [1.807, 2.05) is 0 Å². The molecule has 0 aromatic heterocycles. The largest absolute Gasteiger partial charge is 0.507 e. The quantitative estimate of drug-likeness (QED) is 0.346. The monoisotopic (exact) mass is 375 g/mol. The second kappa shape index (κ2) is 6.21. The number of hydrogen-bond donors (Lipinski definition) is 5. The van der Waals surface area contributed by atoms with Crippen LogP contribution in [0, 0.1) is 0 Å². The van der Waals surface area contributed by atoms with Gasteiger partial charge >= 0.3 is 5.97 Å². The molecule has 0 aliphatic rings. The van der Waals surface area contributed by atoms with Crippen LogP contribution in [0.4, 0.5) is 11.4 Å². The Labute approximate surface area is 147 Å². The zero-order valence-corrected chi connectivity index (χ0v) is 13.9. The van der Waals surface area contributed by atoms with Crippen molar-refractivity contribution in [2.75, 3.05) is 5.32 Å². The smallest absolute Gasteiger partial charge is 0.339 e. The minimum Gasteiger partial charge on any atom is -0.507 e. The van der Waals surface area contributed by atoms with Gasteiger partial charge in [-0.2, -0.15) is 8.42 Å². The van der Waals surface area contributed by atoms with Gasteiger partial charge in [0.2, 0.25) is 0 Å². The molecule has 0 radical (unpaired) electrons. The van der Waals surface area contributed by atoms with Gasteiger partial charge in [-0.3, -0.25) is 4.55 Å². The van der Waals surface area contributed by atoms with Gasteiger partial charge in [0.05, 0.1) is 4.90 Å². The molecule has 3 aromatic carbocycles. The Morgan fingerprint density at radius 1 is 0.885 bits per heavy atom. The number of phenols is 2. The van der Waals surface area contributed by atoms with Crippen LogP contribution < -0.4 is 5.32 Å². The van der Waals surface area contributed by atoms with E-state index in [2.05, 4.69) is 5.32 Å². The summed E-state index contributed by atoms with van der Waals surface area (Å²) in [5.74, 6) is -1.96. The van der Waals surface area contributed by atoms with Gasteiger partial charge in [0.25, 0.3) is 10.1 Å². The first-order chi connectivity index (χ1) is 12.1. The van der Waals surface area contributed by atoms with Crippen molar-refractivity contribution in [3.63, 3.8) is 0 Å². The van der Waals surface area contributed by atoms with Crippen LogP contribution in [0.3, 0.4) is 0 Å². The molecule has 3 rings (SSSR count). The highest BCUT2D eigenvalue weighted by Crippen LogP contribution is 2.32. The van der Waals surface area contributed by atoms with Crippen LogP contribution in [-0.4, -0.2) is 34.3 Å². The molecule has 0 aliphatic carbocycles. The summed E-state index contributed by atoms with van der Waals surface area (Å²) < 4.78 is 31.7. The normalized spacial score (nSPS) is 11.4. The Bertz CT molecular complexity index is 1140. The SMILES string of the molecule is O=C(O)c1cc(Nc2ccc3c(O)cc(S(=O)(=O)O)cc3c2)ccc1O. The molecule has 134 valence electrons. The van der Waals surface area contributed by atoms with Crippen molar-refractivity contribution in [1.82, 2.24) is 0 Å². The molecule has 26 heavy (non-hydrogen) atoms. The van der Waals surface area contributed by atoms with E-state index in [1.54, 1.807) is 12.1 Å². The van der Waals surface area contributed by atoms with Gasteiger partial charge in [-0.15, -0.1) is 0 Å². The summed E-state index contributed by atoms with van der Waals surface area (Å²) in [7, 11) is -4.48. The van der Waals surface area contributed by atoms with Gasteiger partial charge in [0, 0.05) is 22.8 Å². The summed E-state index contributed by atoms with van der Waals surface area (Å²) in [6, 6.07) is 10.8. The molecule has 0 saturated heterocycles.